The zero-order chi connectivity index (χ0) is 26.7. The van der Waals surface area contributed by atoms with Gasteiger partial charge < -0.3 is 15.5 Å². The second-order valence-corrected chi connectivity index (χ2v) is 11.9. The van der Waals surface area contributed by atoms with Gasteiger partial charge in [-0.15, -0.1) is 0 Å². The molecule has 8 nitrogen and oxygen atoms in total. The highest BCUT2D eigenvalue weighted by atomic mass is 32.2. The molecule has 0 aromatic heterocycles. The molecular formula is C29H34N4O4S. The second-order valence-electron chi connectivity index (χ2n) is 10.2. The van der Waals surface area contributed by atoms with Gasteiger partial charge in [0.1, 0.15) is 0 Å². The van der Waals surface area contributed by atoms with Crippen molar-refractivity contribution in [1.82, 2.24) is 14.9 Å². The number of likely N-dealkylation sites (tertiary alicyclic amines) is 1. The standard InChI is InChI=1S/C29H34N4O4S/c1-20-7-2-3-9-23(20)29(35)31-26-12-13-27(25-11-5-4-10-24(25)26)38(36,37)32-21-14-17-33(18-15-21)28(34)19-22-8-6-16-30-22/h2-5,7,9-13,21-22,30,32H,6,8,14-19H2,1H3,(H,31,35). The highest BCUT2D eigenvalue weighted by Gasteiger charge is 2.29. The van der Waals surface area contributed by atoms with Gasteiger partial charge in [0.25, 0.3) is 5.91 Å². The van der Waals surface area contributed by atoms with Crippen LogP contribution < -0.4 is 15.4 Å². The largest absolute Gasteiger partial charge is 0.343 e. The molecule has 0 saturated carbocycles. The Labute approximate surface area is 223 Å². The molecule has 1 atom stereocenters. The number of benzene rings is 3. The third kappa shape index (κ3) is 5.75. The lowest BCUT2D eigenvalue weighted by Gasteiger charge is -2.33. The Hall–Kier alpha value is -3.27. The molecule has 2 aliphatic rings. The van der Waals surface area contributed by atoms with Crippen LogP contribution in [0.2, 0.25) is 0 Å². The molecule has 3 aromatic rings. The predicted octanol–water partition coefficient (Wildman–Crippen LogP) is 3.81. The average Bonchev–Trinajstić information content (AvgIpc) is 3.42. The number of carbonyl (C=O) groups is 2. The monoisotopic (exact) mass is 534 g/mol. The van der Waals surface area contributed by atoms with Crippen molar-refractivity contribution in [3.63, 3.8) is 0 Å². The molecule has 0 bridgehead atoms. The van der Waals surface area contributed by atoms with Gasteiger partial charge in [-0.1, -0.05) is 42.5 Å². The Morgan fingerprint density at radius 3 is 2.37 bits per heavy atom. The van der Waals surface area contributed by atoms with E-state index in [4.69, 9.17) is 0 Å². The van der Waals surface area contributed by atoms with Gasteiger partial charge in [-0.3, -0.25) is 9.59 Å². The number of sulfonamides is 1. The van der Waals surface area contributed by atoms with Crippen molar-refractivity contribution in [2.45, 2.75) is 56.0 Å². The van der Waals surface area contributed by atoms with Crippen LogP contribution in [0.4, 0.5) is 5.69 Å². The predicted molar refractivity (Wildman–Crippen MR) is 149 cm³/mol. The minimum absolute atomic E-state index is 0.139. The summed E-state index contributed by atoms with van der Waals surface area (Å²) < 4.78 is 29.8. The van der Waals surface area contributed by atoms with Crippen LogP contribution in [0, 0.1) is 6.92 Å². The van der Waals surface area contributed by atoms with E-state index >= 15 is 0 Å². The Balaban J connectivity index is 1.28. The van der Waals surface area contributed by atoms with Crippen molar-refractivity contribution < 1.29 is 18.0 Å². The summed E-state index contributed by atoms with van der Waals surface area (Å²) in [7, 11) is -3.82. The Kier molecular flexibility index (Phi) is 7.78. The number of nitrogens with zero attached hydrogens (tertiary/aromatic N) is 1. The lowest BCUT2D eigenvalue weighted by molar-refractivity contribution is -0.132. The Morgan fingerprint density at radius 2 is 1.66 bits per heavy atom. The topological polar surface area (TPSA) is 108 Å². The van der Waals surface area contributed by atoms with E-state index < -0.39 is 10.0 Å². The van der Waals surface area contributed by atoms with Crippen molar-refractivity contribution in [3.05, 3.63) is 71.8 Å². The van der Waals surface area contributed by atoms with Gasteiger partial charge in [0, 0.05) is 53.6 Å². The summed E-state index contributed by atoms with van der Waals surface area (Å²) in [6.45, 7) is 3.94. The molecule has 0 spiro atoms. The molecule has 9 heteroatoms. The minimum Gasteiger partial charge on any atom is -0.343 e. The fraction of sp³-hybridized carbons (Fsp3) is 0.379. The molecule has 2 amide bonds. The molecule has 2 aliphatic heterocycles. The molecule has 38 heavy (non-hydrogen) atoms. The fourth-order valence-corrected chi connectivity index (χ4v) is 6.95. The summed E-state index contributed by atoms with van der Waals surface area (Å²) in [5.74, 6) is -0.105. The minimum atomic E-state index is -3.82. The van der Waals surface area contributed by atoms with Crippen molar-refractivity contribution in [2.24, 2.45) is 0 Å². The van der Waals surface area contributed by atoms with Crippen LogP contribution in [0.15, 0.2) is 65.6 Å². The smallest absolute Gasteiger partial charge is 0.255 e. The first-order valence-corrected chi connectivity index (χ1v) is 14.7. The summed E-state index contributed by atoms with van der Waals surface area (Å²) in [5, 5.41) is 7.50. The number of anilines is 1. The summed E-state index contributed by atoms with van der Waals surface area (Å²) >= 11 is 0. The zero-order valence-electron chi connectivity index (χ0n) is 21.6. The van der Waals surface area contributed by atoms with Crippen molar-refractivity contribution in [3.8, 4) is 0 Å². The van der Waals surface area contributed by atoms with Crippen molar-refractivity contribution >= 4 is 38.3 Å². The van der Waals surface area contributed by atoms with Crippen LogP contribution in [0.5, 0.6) is 0 Å². The van der Waals surface area contributed by atoms with E-state index in [1.807, 2.05) is 42.2 Å². The molecule has 2 heterocycles. The summed E-state index contributed by atoms with van der Waals surface area (Å²) in [6.07, 6.45) is 3.80. The number of aryl methyl sites for hydroxylation is 1. The van der Waals surface area contributed by atoms with Gasteiger partial charge in [-0.2, -0.15) is 0 Å². The lowest BCUT2D eigenvalue weighted by Crippen LogP contribution is -2.47. The van der Waals surface area contributed by atoms with Gasteiger partial charge in [-0.25, -0.2) is 13.1 Å². The number of amides is 2. The highest BCUT2D eigenvalue weighted by Crippen LogP contribution is 2.30. The highest BCUT2D eigenvalue weighted by molar-refractivity contribution is 7.89. The molecule has 2 fully saturated rings. The quantitative estimate of drug-likeness (QED) is 0.427. The molecule has 3 aromatic carbocycles. The van der Waals surface area contributed by atoms with E-state index in [1.165, 1.54) is 0 Å². The first-order valence-electron chi connectivity index (χ1n) is 13.2. The van der Waals surface area contributed by atoms with Crippen LogP contribution in [-0.4, -0.2) is 56.9 Å². The molecule has 2 saturated heterocycles. The molecule has 0 aliphatic carbocycles. The van der Waals surface area contributed by atoms with Crippen LogP contribution in [-0.2, 0) is 14.8 Å². The van der Waals surface area contributed by atoms with Gasteiger partial charge in [-0.05, 0) is 62.9 Å². The maximum Gasteiger partial charge on any atom is 0.255 e. The number of piperidine rings is 1. The number of hydrogen-bond acceptors (Lipinski definition) is 5. The molecule has 3 N–H and O–H groups in total. The molecule has 200 valence electrons. The van der Waals surface area contributed by atoms with Crippen LogP contribution in [0.3, 0.4) is 0 Å². The SMILES string of the molecule is Cc1ccccc1C(=O)Nc1ccc(S(=O)(=O)NC2CCN(C(=O)CC3CCCN3)CC2)c2ccccc12. The summed E-state index contributed by atoms with van der Waals surface area (Å²) in [4.78, 5) is 27.6. The first kappa shape index (κ1) is 26.3. The zero-order valence-corrected chi connectivity index (χ0v) is 22.4. The normalized spacial score (nSPS) is 18.6. The third-order valence-electron chi connectivity index (χ3n) is 7.56. The summed E-state index contributed by atoms with van der Waals surface area (Å²) in [6, 6.07) is 17.7. The number of carbonyl (C=O) groups excluding carboxylic acids is 2. The molecular weight excluding hydrogens is 500 g/mol. The first-order chi connectivity index (χ1) is 18.3. The number of rotatable bonds is 7. The van der Waals surface area contributed by atoms with Gasteiger partial charge in [0.15, 0.2) is 0 Å². The van der Waals surface area contributed by atoms with Crippen LogP contribution in [0.25, 0.3) is 10.8 Å². The fourth-order valence-electron chi connectivity index (χ4n) is 5.43. The lowest BCUT2D eigenvalue weighted by atomic mass is 10.0. The number of nitrogens with one attached hydrogen (secondary N) is 3. The van der Waals surface area contributed by atoms with E-state index in [0.29, 0.717) is 54.4 Å². The maximum absolute atomic E-state index is 13.5. The van der Waals surface area contributed by atoms with Crippen molar-refractivity contribution in [2.75, 3.05) is 25.0 Å². The Morgan fingerprint density at radius 1 is 0.947 bits per heavy atom. The van der Waals surface area contributed by atoms with E-state index in [9.17, 15) is 18.0 Å². The Bertz CT molecular complexity index is 1440. The van der Waals surface area contributed by atoms with E-state index in [-0.39, 0.29) is 28.8 Å². The molecule has 1 unspecified atom stereocenters. The van der Waals surface area contributed by atoms with E-state index in [1.54, 1.807) is 30.3 Å². The van der Waals surface area contributed by atoms with Crippen LogP contribution in [0.1, 0.15) is 48.0 Å². The number of hydrogen-bond donors (Lipinski definition) is 3. The average molecular weight is 535 g/mol. The van der Waals surface area contributed by atoms with Crippen LogP contribution >= 0.6 is 0 Å². The van der Waals surface area contributed by atoms with Crippen molar-refractivity contribution in [1.29, 1.82) is 0 Å². The number of fused-ring (bicyclic) bond motifs is 1. The van der Waals surface area contributed by atoms with Gasteiger partial charge in [0.2, 0.25) is 15.9 Å². The molecule has 0 radical (unpaired) electrons. The maximum atomic E-state index is 13.5. The van der Waals surface area contributed by atoms with Gasteiger partial charge in [0.05, 0.1) is 4.90 Å². The molecule has 5 rings (SSSR count). The second kappa shape index (κ2) is 11.2. The van der Waals surface area contributed by atoms with Gasteiger partial charge >= 0.3 is 0 Å². The third-order valence-corrected chi connectivity index (χ3v) is 9.14. The van der Waals surface area contributed by atoms with E-state index in [0.717, 1.165) is 24.9 Å². The summed E-state index contributed by atoms with van der Waals surface area (Å²) in [5.41, 5.74) is 1.98. The van der Waals surface area contributed by atoms with E-state index in [2.05, 4.69) is 15.4 Å².